The van der Waals surface area contributed by atoms with Crippen molar-refractivity contribution in [3.05, 3.63) is 11.6 Å². The molecular formula is C11H21NO2. The lowest BCUT2D eigenvalue weighted by atomic mass is 10.1. The van der Waals surface area contributed by atoms with E-state index < -0.39 is 0 Å². The first kappa shape index (κ1) is 13.2. The van der Waals surface area contributed by atoms with Crippen LogP contribution in [0.1, 0.15) is 39.5 Å². The molecule has 0 N–H and O–H groups in total. The quantitative estimate of drug-likeness (QED) is 0.486. The van der Waals surface area contributed by atoms with E-state index in [1.54, 1.807) is 14.1 Å². The van der Waals surface area contributed by atoms with Crippen LogP contribution in [0.4, 0.5) is 0 Å². The van der Waals surface area contributed by atoms with Crippen LogP contribution in [0.3, 0.4) is 0 Å². The Hall–Kier alpha value is -0.830. The average molecular weight is 199 g/mol. The second-order valence-electron chi connectivity index (χ2n) is 3.43. The Bertz CT molecular complexity index is 197. The number of carbonyl (C=O) groups excluding carboxylic acids is 1. The summed E-state index contributed by atoms with van der Waals surface area (Å²) in [6, 6.07) is 0. The van der Waals surface area contributed by atoms with Crippen LogP contribution < -0.4 is 0 Å². The van der Waals surface area contributed by atoms with E-state index in [9.17, 15) is 4.79 Å². The van der Waals surface area contributed by atoms with Crippen LogP contribution in [0.5, 0.6) is 0 Å². The Morgan fingerprint density at radius 2 is 2.00 bits per heavy atom. The van der Waals surface area contributed by atoms with Gasteiger partial charge in [0.05, 0.1) is 0 Å². The normalized spacial score (nSPS) is 11.9. The molecule has 0 aliphatic rings. The molecule has 0 aromatic carbocycles. The molecule has 82 valence electrons. The summed E-state index contributed by atoms with van der Waals surface area (Å²) in [5, 5.41) is 1.43. The molecule has 0 radical (unpaired) electrons. The number of hydrogen-bond donors (Lipinski definition) is 0. The molecule has 0 bridgehead atoms. The van der Waals surface area contributed by atoms with Gasteiger partial charge in [0.25, 0.3) is 0 Å². The highest BCUT2D eigenvalue weighted by atomic mass is 16.7. The van der Waals surface area contributed by atoms with Gasteiger partial charge >= 0.3 is 5.97 Å². The van der Waals surface area contributed by atoms with Gasteiger partial charge in [-0.15, -0.1) is 5.06 Å². The summed E-state index contributed by atoms with van der Waals surface area (Å²) in [6.07, 6.45) is 5.77. The smallest absolute Gasteiger partial charge is 0.352 e. The van der Waals surface area contributed by atoms with Crippen molar-refractivity contribution in [2.45, 2.75) is 39.5 Å². The summed E-state index contributed by atoms with van der Waals surface area (Å²) in [5.74, 6) is -0.217. The summed E-state index contributed by atoms with van der Waals surface area (Å²) in [5.41, 5.74) is 0.794. The molecule has 3 heteroatoms. The van der Waals surface area contributed by atoms with Crippen LogP contribution in [0.15, 0.2) is 11.6 Å². The van der Waals surface area contributed by atoms with Crippen molar-refractivity contribution < 1.29 is 9.63 Å². The van der Waals surface area contributed by atoms with Gasteiger partial charge in [0.1, 0.15) is 0 Å². The lowest BCUT2D eigenvalue weighted by Gasteiger charge is -2.11. The highest BCUT2D eigenvalue weighted by Gasteiger charge is 2.10. The highest BCUT2D eigenvalue weighted by Crippen LogP contribution is 2.10. The van der Waals surface area contributed by atoms with Gasteiger partial charge in [-0.3, -0.25) is 0 Å². The molecule has 0 aromatic heterocycles. The number of unbranched alkanes of at least 4 members (excludes halogenated alkanes) is 1. The Kier molecular flexibility index (Phi) is 7.11. The summed E-state index contributed by atoms with van der Waals surface area (Å²) < 4.78 is 0. The van der Waals surface area contributed by atoms with E-state index in [4.69, 9.17) is 4.84 Å². The van der Waals surface area contributed by atoms with Crippen molar-refractivity contribution in [3.8, 4) is 0 Å². The first-order valence-corrected chi connectivity index (χ1v) is 5.20. The van der Waals surface area contributed by atoms with Crippen molar-refractivity contribution in [1.29, 1.82) is 0 Å². The monoisotopic (exact) mass is 199 g/mol. The fraction of sp³-hybridized carbons (Fsp3) is 0.727. The summed E-state index contributed by atoms with van der Waals surface area (Å²) in [7, 11) is 3.42. The number of hydrogen-bond acceptors (Lipinski definition) is 3. The summed E-state index contributed by atoms with van der Waals surface area (Å²) >= 11 is 0. The minimum Gasteiger partial charge on any atom is -0.365 e. The van der Waals surface area contributed by atoms with Crippen molar-refractivity contribution in [1.82, 2.24) is 5.06 Å². The van der Waals surface area contributed by atoms with Crippen LogP contribution in [0, 0.1) is 0 Å². The zero-order valence-corrected chi connectivity index (χ0v) is 9.67. The molecule has 0 aliphatic carbocycles. The third-order valence-electron chi connectivity index (χ3n) is 1.78. The first-order chi connectivity index (χ1) is 6.61. The predicted octanol–water partition coefficient (Wildman–Crippen LogP) is 2.53. The number of allylic oxidation sites excluding steroid dienone is 1. The summed E-state index contributed by atoms with van der Waals surface area (Å²) in [4.78, 5) is 16.5. The maximum atomic E-state index is 11.5. The van der Waals surface area contributed by atoms with Gasteiger partial charge in [-0.25, -0.2) is 4.79 Å². The standard InChI is InChI=1S/C11H21NO2/c1-5-7-9-10(8-6-2)11(13)14-12(3)4/h8H,5-7,9H2,1-4H3. The van der Waals surface area contributed by atoms with E-state index in [1.807, 2.05) is 13.0 Å². The van der Waals surface area contributed by atoms with Crippen LogP contribution >= 0.6 is 0 Å². The van der Waals surface area contributed by atoms with Crippen molar-refractivity contribution in [2.24, 2.45) is 0 Å². The minimum absolute atomic E-state index is 0.217. The van der Waals surface area contributed by atoms with E-state index in [0.717, 1.165) is 31.3 Å². The van der Waals surface area contributed by atoms with Crippen molar-refractivity contribution in [3.63, 3.8) is 0 Å². The molecule has 0 amide bonds. The molecule has 0 aliphatic heterocycles. The maximum Gasteiger partial charge on any atom is 0.352 e. The Balaban J connectivity index is 4.19. The molecule has 0 spiro atoms. The molecule has 0 saturated carbocycles. The van der Waals surface area contributed by atoms with E-state index in [1.165, 1.54) is 5.06 Å². The SMILES string of the molecule is CCC=C(CCCC)C(=O)ON(C)C. The molecule has 0 heterocycles. The molecule has 0 atom stereocenters. The van der Waals surface area contributed by atoms with E-state index >= 15 is 0 Å². The van der Waals surface area contributed by atoms with Crippen molar-refractivity contribution in [2.75, 3.05) is 14.1 Å². The zero-order chi connectivity index (χ0) is 11.0. The predicted molar refractivity (Wildman–Crippen MR) is 57.7 cm³/mol. The molecule has 0 fully saturated rings. The Labute approximate surface area is 86.7 Å². The fourth-order valence-electron chi connectivity index (χ4n) is 1.13. The Morgan fingerprint density at radius 1 is 1.36 bits per heavy atom. The van der Waals surface area contributed by atoms with Crippen LogP contribution in [0.25, 0.3) is 0 Å². The van der Waals surface area contributed by atoms with Crippen LogP contribution in [-0.4, -0.2) is 25.1 Å². The average Bonchev–Trinajstić information content (AvgIpc) is 2.10. The molecule has 0 saturated heterocycles. The lowest BCUT2D eigenvalue weighted by Crippen LogP contribution is -2.20. The fourth-order valence-corrected chi connectivity index (χ4v) is 1.13. The third kappa shape index (κ3) is 5.75. The second-order valence-corrected chi connectivity index (χ2v) is 3.43. The number of carbonyl (C=O) groups is 1. The molecule has 0 rings (SSSR count). The van der Waals surface area contributed by atoms with Crippen LogP contribution in [0.2, 0.25) is 0 Å². The lowest BCUT2D eigenvalue weighted by molar-refractivity contribution is -0.173. The number of rotatable bonds is 6. The van der Waals surface area contributed by atoms with Gasteiger partial charge in [0.2, 0.25) is 0 Å². The first-order valence-electron chi connectivity index (χ1n) is 5.20. The Morgan fingerprint density at radius 3 is 2.43 bits per heavy atom. The van der Waals surface area contributed by atoms with Gasteiger partial charge in [-0.1, -0.05) is 26.3 Å². The number of hydroxylamine groups is 2. The van der Waals surface area contributed by atoms with E-state index in [-0.39, 0.29) is 5.97 Å². The molecule has 0 aromatic rings. The van der Waals surface area contributed by atoms with Gasteiger partial charge in [-0.05, 0) is 19.3 Å². The summed E-state index contributed by atoms with van der Waals surface area (Å²) in [6.45, 7) is 4.13. The maximum absolute atomic E-state index is 11.5. The molecular weight excluding hydrogens is 178 g/mol. The topological polar surface area (TPSA) is 29.5 Å². The third-order valence-corrected chi connectivity index (χ3v) is 1.78. The van der Waals surface area contributed by atoms with Gasteiger partial charge < -0.3 is 4.84 Å². The van der Waals surface area contributed by atoms with Gasteiger partial charge in [0, 0.05) is 19.7 Å². The van der Waals surface area contributed by atoms with Gasteiger partial charge in [-0.2, -0.15) is 0 Å². The largest absolute Gasteiger partial charge is 0.365 e. The minimum atomic E-state index is -0.217. The van der Waals surface area contributed by atoms with E-state index in [0.29, 0.717) is 0 Å². The zero-order valence-electron chi connectivity index (χ0n) is 9.67. The highest BCUT2D eigenvalue weighted by molar-refractivity contribution is 5.88. The van der Waals surface area contributed by atoms with Crippen molar-refractivity contribution >= 4 is 5.97 Å². The van der Waals surface area contributed by atoms with E-state index in [2.05, 4.69) is 6.92 Å². The second kappa shape index (κ2) is 7.56. The van der Waals surface area contributed by atoms with Gasteiger partial charge in [0.15, 0.2) is 0 Å². The van der Waals surface area contributed by atoms with Crippen LogP contribution in [-0.2, 0) is 9.63 Å². The molecule has 0 unspecified atom stereocenters. The number of nitrogens with zero attached hydrogens (tertiary/aromatic N) is 1. The molecule has 14 heavy (non-hydrogen) atoms. The molecule has 3 nitrogen and oxygen atoms in total.